The van der Waals surface area contributed by atoms with E-state index >= 15 is 0 Å². The second-order valence-electron chi connectivity index (χ2n) is 5.15. The molecule has 0 unspecified atom stereocenters. The Morgan fingerprint density at radius 1 is 0.760 bits per heavy atom. The number of azo groups is 1. The summed E-state index contributed by atoms with van der Waals surface area (Å²) >= 11 is 0. The molecule has 25 heavy (non-hydrogen) atoms. The lowest BCUT2D eigenvalue weighted by Gasteiger charge is -2.28. The van der Waals surface area contributed by atoms with Crippen molar-refractivity contribution in [3.05, 3.63) is 54.6 Å². The van der Waals surface area contributed by atoms with Crippen molar-refractivity contribution in [2.45, 2.75) is 0 Å². The Balaban J connectivity index is 0.000000399. The van der Waals surface area contributed by atoms with Crippen molar-refractivity contribution >= 4 is 24.3 Å². The van der Waals surface area contributed by atoms with Crippen LogP contribution in [-0.4, -0.2) is 33.6 Å². The zero-order valence-corrected chi connectivity index (χ0v) is 13.4. The van der Waals surface area contributed by atoms with Crippen molar-refractivity contribution in [2.75, 3.05) is 31.2 Å². The fourth-order valence-corrected chi connectivity index (χ4v) is 2.16. The lowest BCUT2D eigenvalue weighted by molar-refractivity contribution is 0.122. The fourth-order valence-electron chi connectivity index (χ4n) is 2.16. The second kappa shape index (κ2) is 9.17. The molecule has 0 atom stereocenters. The first kappa shape index (κ1) is 18.9. The van der Waals surface area contributed by atoms with E-state index in [2.05, 4.69) is 27.3 Å². The van der Waals surface area contributed by atoms with Gasteiger partial charge in [-0.25, -0.2) is 0 Å². The van der Waals surface area contributed by atoms with Crippen LogP contribution in [0.5, 0.6) is 0 Å². The predicted octanol–water partition coefficient (Wildman–Crippen LogP) is 5.24. The summed E-state index contributed by atoms with van der Waals surface area (Å²) in [6.45, 7) is 3.50. The molecule has 1 aliphatic heterocycles. The third-order valence-electron chi connectivity index (χ3n) is 3.26. The van der Waals surface area contributed by atoms with Gasteiger partial charge in [0, 0.05) is 18.8 Å². The molecule has 0 aliphatic carbocycles. The van der Waals surface area contributed by atoms with Gasteiger partial charge in [0.05, 0.1) is 24.6 Å². The lowest BCUT2D eigenvalue weighted by Crippen LogP contribution is -2.36. The summed E-state index contributed by atoms with van der Waals surface area (Å²) in [5.74, 6) is 0. The van der Waals surface area contributed by atoms with Gasteiger partial charge in [0.2, 0.25) is 0 Å². The summed E-state index contributed by atoms with van der Waals surface area (Å²) in [7, 11) is -6.00. The van der Waals surface area contributed by atoms with E-state index in [0.717, 1.165) is 37.7 Å². The number of benzene rings is 2. The Labute approximate surface area is 143 Å². The second-order valence-corrected chi connectivity index (χ2v) is 5.15. The molecule has 0 spiro atoms. The summed E-state index contributed by atoms with van der Waals surface area (Å²) in [5, 5.41) is 8.45. The molecule has 1 fully saturated rings. The Hall–Kier alpha value is -2.42. The molecule has 134 valence electrons. The van der Waals surface area contributed by atoms with E-state index in [9.17, 15) is 17.3 Å². The van der Waals surface area contributed by atoms with Gasteiger partial charge >= 0.3 is 7.25 Å². The van der Waals surface area contributed by atoms with Gasteiger partial charge in [0.15, 0.2) is 0 Å². The lowest BCUT2D eigenvalue weighted by atomic mass is 10.2. The van der Waals surface area contributed by atoms with Gasteiger partial charge in [-0.15, -0.1) is 0 Å². The number of hydrogen-bond donors (Lipinski definition) is 0. The topological polar surface area (TPSA) is 37.2 Å². The Morgan fingerprint density at radius 2 is 1.24 bits per heavy atom. The van der Waals surface area contributed by atoms with Gasteiger partial charge in [-0.1, -0.05) is 18.2 Å². The quantitative estimate of drug-likeness (QED) is 0.430. The molecule has 3 rings (SSSR count). The van der Waals surface area contributed by atoms with Gasteiger partial charge in [0.25, 0.3) is 0 Å². The fraction of sp³-hybridized carbons (Fsp3) is 0.250. The third-order valence-corrected chi connectivity index (χ3v) is 3.26. The van der Waals surface area contributed by atoms with Crippen LogP contribution in [0, 0.1) is 0 Å². The SMILES string of the molecule is F[B-](F)(F)F.c1ccc(/N=N/c2ccc(N3CCOCC3)cc2)cc1. The van der Waals surface area contributed by atoms with Crippen LogP contribution in [0.4, 0.5) is 34.3 Å². The van der Waals surface area contributed by atoms with Crippen molar-refractivity contribution in [3.8, 4) is 0 Å². The van der Waals surface area contributed by atoms with Gasteiger partial charge in [-0.3, -0.25) is 0 Å². The van der Waals surface area contributed by atoms with E-state index in [-0.39, 0.29) is 0 Å². The van der Waals surface area contributed by atoms with Gasteiger partial charge in [-0.2, -0.15) is 10.2 Å². The molecular weight excluding hydrogens is 337 g/mol. The van der Waals surface area contributed by atoms with Crippen LogP contribution < -0.4 is 4.90 Å². The zero-order chi connectivity index (χ0) is 18.1. The minimum atomic E-state index is -6.00. The van der Waals surface area contributed by atoms with Gasteiger partial charge < -0.3 is 26.9 Å². The first-order chi connectivity index (χ1) is 11.9. The molecule has 0 bridgehead atoms. The number of anilines is 1. The minimum Gasteiger partial charge on any atom is -0.418 e. The highest BCUT2D eigenvalue weighted by atomic mass is 19.5. The van der Waals surface area contributed by atoms with Crippen LogP contribution in [0.25, 0.3) is 0 Å². The maximum atomic E-state index is 9.75. The monoisotopic (exact) mass is 354 g/mol. The third kappa shape index (κ3) is 7.80. The van der Waals surface area contributed by atoms with Gasteiger partial charge in [-0.05, 0) is 36.4 Å². The van der Waals surface area contributed by atoms with Crippen molar-refractivity contribution in [3.63, 3.8) is 0 Å². The van der Waals surface area contributed by atoms with Crippen molar-refractivity contribution in [2.24, 2.45) is 10.2 Å². The number of rotatable bonds is 3. The van der Waals surface area contributed by atoms with E-state index in [1.54, 1.807) is 0 Å². The van der Waals surface area contributed by atoms with Crippen LogP contribution in [0.2, 0.25) is 0 Å². The van der Waals surface area contributed by atoms with E-state index in [4.69, 9.17) is 4.74 Å². The summed E-state index contributed by atoms with van der Waals surface area (Å²) in [6, 6.07) is 17.9. The largest absolute Gasteiger partial charge is 0.673 e. The van der Waals surface area contributed by atoms with Crippen LogP contribution >= 0.6 is 0 Å². The molecule has 0 aromatic heterocycles. The van der Waals surface area contributed by atoms with Crippen molar-refractivity contribution in [1.29, 1.82) is 0 Å². The molecule has 4 nitrogen and oxygen atoms in total. The van der Waals surface area contributed by atoms with Crippen LogP contribution in [0.1, 0.15) is 0 Å². The van der Waals surface area contributed by atoms with Crippen molar-refractivity contribution < 1.29 is 22.0 Å². The molecule has 2 aromatic carbocycles. The Bertz CT molecular complexity index is 653. The summed E-state index contributed by atoms with van der Waals surface area (Å²) in [4.78, 5) is 2.32. The Kier molecular flexibility index (Phi) is 6.94. The normalized spacial score (nSPS) is 15.0. The molecule has 9 heteroatoms. The summed E-state index contributed by atoms with van der Waals surface area (Å²) < 4.78 is 44.4. The molecule has 0 saturated carbocycles. The minimum absolute atomic E-state index is 0.801. The number of ether oxygens (including phenoxy) is 1. The average Bonchev–Trinajstić information content (AvgIpc) is 2.61. The molecule has 1 heterocycles. The predicted molar refractivity (Wildman–Crippen MR) is 90.3 cm³/mol. The first-order valence-corrected chi connectivity index (χ1v) is 7.69. The molecule has 0 amide bonds. The number of hydrogen-bond acceptors (Lipinski definition) is 4. The zero-order valence-electron chi connectivity index (χ0n) is 13.4. The van der Waals surface area contributed by atoms with E-state index < -0.39 is 7.25 Å². The molecule has 1 saturated heterocycles. The first-order valence-electron chi connectivity index (χ1n) is 7.69. The summed E-state index contributed by atoms with van der Waals surface area (Å²) in [6.07, 6.45) is 0. The molecule has 0 radical (unpaired) electrons. The average molecular weight is 354 g/mol. The maximum Gasteiger partial charge on any atom is 0.673 e. The summed E-state index contributed by atoms with van der Waals surface area (Å²) in [5.41, 5.74) is 2.95. The number of nitrogens with zero attached hydrogens (tertiary/aromatic N) is 3. The number of halogens is 4. The van der Waals surface area contributed by atoms with E-state index in [0.29, 0.717) is 0 Å². The molecule has 0 N–H and O–H groups in total. The van der Waals surface area contributed by atoms with Gasteiger partial charge in [0.1, 0.15) is 0 Å². The Morgan fingerprint density at radius 3 is 1.76 bits per heavy atom. The highest BCUT2D eigenvalue weighted by Crippen LogP contribution is 2.22. The number of morpholine rings is 1. The van der Waals surface area contributed by atoms with E-state index in [1.165, 1.54) is 5.69 Å². The molecule has 1 aliphatic rings. The smallest absolute Gasteiger partial charge is 0.418 e. The van der Waals surface area contributed by atoms with Crippen LogP contribution in [0.3, 0.4) is 0 Å². The van der Waals surface area contributed by atoms with Crippen LogP contribution in [0.15, 0.2) is 64.8 Å². The highest BCUT2D eigenvalue weighted by Gasteiger charge is 2.20. The highest BCUT2D eigenvalue weighted by molar-refractivity contribution is 6.50. The van der Waals surface area contributed by atoms with Crippen molar-refractivity contribution in [1.82, 2.24) is 0 Å². The molecular formula is C16H17BF4N3O-. The van der Waals surface area contributed by atoms with E-state index in [1.807, 2.05) is 42.5 Å². The maximum absolute atomic E-state index is 9.75. The molecule has 2 aromatic rings. The standard InChI is InChI=1S/C16H17N3O.BF4/c1-2-4-14(5-3-1)17-18-15-6-8-16(9-7-15)19-10-12-20-13-11-19;2-1(3,4)5/h1-9H,10-13H2;/q;-1/b18-17+;. The van der Waals surface area contributed by atoms with Crippen LogP contribution in [-0.2, 0) is 4.74 Å².